The van der Waals surface area contributed by atoms with Gasteiger partial charge in [-0.3, -0.25) is 9.59 Å². The molecule has 4 heterocycles. The number of unbranched alkanes of at least 4 members (excludes halogenated alkanes) is 1. The van der Waals surface area contributed by atoms with Crippen LogP contribution >= 0.6 is 0 Å². The highest BCUT2D eigenvalue weighted by molar-refractivity contribution is 5.97. The maximum atomic E-state index is 13.4. The van der Waals surface area contributed by atoms with Crippen molar-refractivity contribution in [3.63, 3.8) is 0 Å². The summed E-state index contributed by atoms with van der Waals surface area (Å²) in [4.78, 5) is 26.9. The molecule has 4 aromatic carbocycles. The summed E-state index contributed by atoms with van der Waals surface area (Å²) in [5.74, 6) is 0.147. The van der Waals surface area contributed by atoms with Gasteiger partial charge in [0, 0.05) is 36.4 Å². The molecule has 8 heteroatoms. The molecule has 0 unspecified atom stereocenters. The maximum Gasteiger partial charge on any atom is 0.311 e. The lowest BCUT2D eigenvalue weighted by molar-refractivity contribution is -0.136. The van der Waals surface area contributed by atoms with E-state index < -0.39 is 0 Å². The summed E-state index contributed by atoms with van der Waals surface area (Å²) in [6.45, 7) is 0. The molecule has 0 aliphatic rings. The number of hydrogen-bond acceptors (Lipinski definition) is 6. The van der Waals surface area contributed by atoms with Crippen molar-refractivity contribution in [1.29, 1.82) is 0 Å². The van der Waals surface area contributed by atoms with E-state index in [1.807, 2.05) is 155 Å². The second-order valence-corrected chi connectivity index (χ2v) is 12.4. The second kappa shape index (κ2) is 14.6. The summed E-state index contributed by atoms with van der Waals surface area (Å²) in [6.07, 6.45) is 4.60. The van der Waals surface area contributed by atoms with E-state index in [0.29, 0.717) is 35.4 Å². The van der Waals surface area contributed by atoms with Crippen LogP contribution in [0.5, 0.6) is 11.5 Å². The monoisotopic (exact) mass is 682 g/mol. The smallest absolute Gasteiger partial charge is 0.311 e. The molecule has 0 aliphatic heterocycles. The lowest BCUT2D eigenvalue weighted by Crippen LogP contribution is -2.10. The Morgan fingerprint density at radius 3 is 1.15 bits per heavy atom. The summed E-state index contributed by atoms with van der Waals surface area (Å²) in [5.41, 5.74) is 8.38. The summed E-state index contributed by atoms with van der Waals surface area (Å²) >= 11 is 0. The fourth-order valence-corrected chi connectivity index (χ4v) is 6.67. The molecule has 0 radical (unpaired) electrons. The molecule has 52 heavy (non-hydrogen) atoms. The van der Waals surface area contributed by atoms with Gasteiger partial charge in [-0.05, 0) is 48.2 Å². The minimum atomic E-state index is -0.384. The highest BCUT2D eigenvalue weighted by atomic mass is 16.5. The van der Waals surface area contributed by atoms with Crippen molar-refractivity contribution < 1.29 is 19.1 Å². The molecule has 254 valence electrons. The van der Waals surface area contributed by atoms with Gasteiger partial charge in [0.1, 0.15) is 11.0 Å². The molecule has 0 amide bonds. The van der Waals surface area contributed by atoms with Gasteiger partial charge in [0.05, 0.1) is 22.5 Å². The fraction of sp³-hybridized carbons (Fsp3) is 0.0909. The van der Waals surface area contributed by atoms with Crippen molar-refractivity contribution in [3.05, 3.63) is 158 Å². The molecule has 0 spiro atoms. The maximum absolute atomic E-state index is 13.4. The molecule has 8 nitrogen and oxygen atoms in total. The van der Waals surface area contributed by atoms with E-state index in [1.54, 1.807) is 12.4 Å². The van der Waals surface area contributed by atoms with Crippen LogP contribution in [-0.2, 0) is 9.59 Å². The van der Waals surface area contributed by atoms with Gasteiger partial charge in [-0.25, -0.2) is 9.03 Å². The predicted molar refractivity (Wildman–Crippen MR) is 202 cm³/mol. The van der Waals surface area contributed by atoms with Crippen LogP contribution in [0.2, 0.25) is 0 Å². The van der Waals surface area contributed by atoms with Gasteiger partial charge in [0.25, 0.3) is 0 Å². The quantitative estimate of drug-likeness (QED) is 0.0998. The summed E-state index contributed by atoms with van der Waals surface area (Å²) in [7, 11) is 0. The number of benzene rings is 4. The lowest BCUT2D eigenvalue weighted by atomic mass is 10.0. The minimum Gasteiger partial charge on any atom is -0.423 e. The SMILES string of the molecule is O=C(CCCCC(=O)Oc1c(-c2ccccc2)c(-c2ccccc2)n2ncccc12)Oc1c(-c2ccccc2)c(-c2ccccc2)n2ncccc12. The van der Waals surface area contributed by atoms with Crippen LogP contribution in [0.15, 0.2) is 158 Å². The van der Waals surface area contributed by atoms with Crippen molar-refractivity contribution in [3.8, 4) is 56.3 Å². The van der Waals surface area contributed by atoms with Gasteiger partial charge >= 0.3 is 11.9 Å². The van der Waals surface area contributed by atoms with E-state index in [9.17, 15) is 9.59 Å². The molecular formula is C44H34N4O4. The predicted octanol–water partition coefficient (Wildman–Crippen LogP) is 9.72. The van der Waals surface area contributed by atoms with E-state index in [2.05, 4.69) is 10.2 Å². The Kier molecular flexibility index (Phi) is 9.09. The number of ether oxygens (including phenoxy) is 2. The third kappa shape index (κ3) is 6.33. The molecule has 4 aromatic heterocycles. The average Bonchev–Trinajstić information content (AvgIpc) is 3.70. The third-order valence-corrected chi connectivity index (χ3v) is 8.98. The lowest BCUT2D eigenvalue weighted by Gasteiger charge is -2.10. The first kappa shape index (κ1) is 32.4. The molecule has 0 aliphatic carbocycles. The number of fused-ring (bicyclic) bond motifs is 2. The Bertz CT molecular complexity index is 2320. The highest BCUT2D eigenvalue weighted by Gasteiger charge is 2.26. The minimum absolute atomic E-state index is 0.131. The number of aromatic nitrogens is 4. The van der Waals surface area contributed by atoms with Crippen LogP contribution < -0.4 is 9.47 Å². The first-order chi connectivity index (χ1) is 25.7. The number of hydrogen-bond donors (Lipinski definition) is 0. The van der Waals surface area contributed by atoms with Gasteiger partial charge in [-0.2, -0.15) is 10.2 Å². The third-order valence-electron chi connectivity index (χ3n) is 8.98. The Labute approximate surface area is 300 Å². The van der Waals surface area contributed by atoms with Gasteiger partial charge in [-0.15, -0.1) is 0 Å². The van der Waals surface area contributed by atoms with E-state index in [1.165, 1.54) is 0 Å². The fourth-order valence-electron chi connectivity index (χ4n) is 6.67. The van der Waals surface area contributed by atoms with Crippen molar-refractivity contribution in [2.45, 2.75) is 25.7 Å². The van der Waals surface area contributed by atoms with E-state index in [0.717, 1.165) is 44.8 Å². The molecule has 0 bridgehead atoms. The zero-order chi connectivity index (χ0) is 35.3. The Hall–Kier alpha value is -6.80. The molecule has 0 fully saturated rings. The number of carbonyl (C=O) groups excluding carboxylic acids is 2. The number of nitrogens with zero attached hydrogens (tertiary/aromatic N) is 4. The summed E-state index contributed by atoms with van der Waals surface area (Å²) in [5, 5.41) is 9.26. The average molecular weight is 683 g/mol. The molecular weight excluding hydrogens is 649 g/mol. The Morgan fingerprint density at radius 2 is 0.788 bits per heavy atom. The first-order valence-corrected chi connectivity index (χ1v) is 17.3. The van der Waals surface area contributed by atoms with Crippen molar-refractivity contribution in [2.24, 2.45) is 0 Å². The zero-order valence-corrected chi connectivity index (χ0v) is 28.3. The topological polar surface area (TPSA) is 87.2 Å². The van der Waals surface area contributed by atoms with Crippen LogP contribution in [0.4, 0.5) is 0 Å². The molecule has 8 aromatic rings. The van der Waals surface area contributed by atoms with Crippen LogP contribution in [0.3, 0.4) is 0 Å². The van der Waals surface area contributed by atoms with Crippen LogP contribution in [0, 0.1) is 0 Å². The molecule has 8 rings (SSSR count). The number of carbonyl (C=O) groups is 2. The van der Waals surface area contributed by atoms with Crippen LogP contribution in [-0.4, -0.2) is 31.2 Å². The van der Waals surface area contributed by atoms with Gasteiger partial charge < -0.3 is 9.47 Å². The standard InChI is InChI=1S/C44H34N4O4/c49-37(51-43-35-25-15-29-45-47(35)41(33-21-9-3-10-22-33)39(43)31-17-5-1-6-18-31)27-13-14-28-38(50)52-44-36-26-16-30-46-48(36)42(34-23-11-4-12-24-34)40(44)32-19-7-2-8-20-32/h1-12,15-26,29-30H,13-14,27-28H2. The Balaban J connectivity index is 1.01. The zero-order valence-electron chi connectivity index (χ0n) is 28.3. The van der Waals surface area contributed by atoms with Crippen molar-refractivity contribution in [2.75, 3.05) is 0 Å². The van der Waals surface area contributed by atoms with Crippen molar-refractivity contribution >= 4 is 23.0 Å². The number of esters is 2. The Morgan fingerprint density at radius 1 is 0.442 bits per heavy atom. The van der Waals surface area contributed by atoms with Crippen LogP contribution in [0.1, 0.15) is 25.7 Å². The van der Waals surface area contributed by atoms with E-state index in [4.69, 9.17) is 9.47 Å². The molecule has 0 N–H and O–H groups in total. The highest BCUT2D eigenvalue weighted by Crippen LogP contribution is 2.45. The first-order valence-electron chi connectivity index (χ1n) is 17.3. The van der Waals surface area contributed by atoms with Gasteiger partial charge in [-0.1, -0.05) is 121 Å². The normalized spacial score (nSPS) is 11.2. The van der Waals surface area contributed by atoms with E-state index >= 15 is 0 Å². The summed E-state index contributed by atoms with van der Waals surface area (Å²) < 4.78 is 15.9. The molecule has 0 saturated heterocycles. The van der Waals surface area contributed by atoms with Crippen LogP contribution in [0.25, 0.3) is 55.8 Å². The molecule has 0 atom stereocenters. The van der Waals surface area contributed by atoms with Gasteiger partial charge in [0.15, 0.2) is 11.5 Å². The van der Waals surface area contributed by atoms with Gasteiger partial charge in [0.2, 0.25) is 0 Å². The molecule has 0 saturated carbocycles. The van der Waals surface area contributed by atoms with E-state index in [-0.39, 0.29) is 24.8 Å². The summed E-state index contributed by atoms with van der Waals surface area (Å²) in [6, 6.07) is 47.1. The largest absolute Gasteiger partial charge is 0.423 e. The number of rotatable bonds is 11. The second-order valence-electron chi connectivity index (χ2n) is 12.4. The van der Waals surface area contributed by atoms with Crippen molar-refractivity contribution in [1.82, 2.24) is 19.2 Å².